The zero-order valence-corrected chi connectivity index (χ0v) is 25.9. The van der Waals surface area contributed by atoms with Crippen LogP contribution < -0.4 is 0 Å². The van der Waals surface area contributed by atoms with Crippen molar-refractivity contribution in [2.45, 2.75) is 80.1 Å². The van der Waals surface area contributed by atoms with E-state index in [1.165, 1.54) is 16.7 Å². The summed E-state index contributed by atoms with van der Waals surface area (Å²) >= 11 is 1.98. The Hall–Kier alpha value is -1.52. The summed E-state index contributed by atoms with van der Waals surface area (Å²) in [4.78, 5) is 0. The molecule has 0 atom stereocenters. The fourth-order valence-electron chi connectivity index (χ4n) is 3.30. The Morgan fingerprint density at radius 2 is 1.06 bits per heavy atom. The Morgan fingerprint density at radius 3 is 1.26 bits per heavy atom. The van der Waals surface area contributed by atoms with Gasteiger partial charge in [0.25, 0.3) is 0 Å². The molecular weight excluding hydrogens is 515 g/mol. The Bertz CT molecular complexity index is 1010. The molecular formula is C29H42Cl2O3Ti. The fourth-order valence-corrected chi connectivity index (χ4v) is 3.75. The Balaban J connectivity index is 0. The number of aryl methyl sites for hydroxylation is 4. The number of benzene rings is 2. The van der Waals surface area contributed by atoms with Gasteiger partial charge in [-0.05, 0) is 47.9 Å². The third kappa shape index (κ3) is 11.8. The largest absolute Gasteiger partial charge is 0.508 e. The maximum atomic E-state index is 9.57. The van der Waals surface area contributed by atoms with E-state index in [4.69, 9.17) is 4.42 Å². The van der Waals surface area contributed by atoms with Gasteiger partial charge in [-0.1, -0.05) is 76.9 Å². The molecule has 3 aromatic rings. The van der Waals surface area contributed by atoms with Crippen LogP contribution in [-0.2, 0) is 30.8 Å². The average molecular weight is 557 g/mol. The molecule has 1 aromatic heterocycles. The molecule has 194 valence electrons. The van der Waals surface area contributed by atoms with Gasteiger partial charge in [-0.25, -0.2) is 0 Å². The third-order valence-corrected chi connectivity index (χ3v) is 5.54. The minimum absolute atomic E-state index is 0. The summed E-state index contributed by atoms with van der Waals surface area (Å²) in [6, 6.07) is 13.5. The third-order valence-electron chi connectivity index (χ3n) is 5.13. The molecule has 3 rings (SSSR count). The Labute approximate surface area is 236 Å². The molecule has 6 heteroatoms. The topological polar surface area (TPSA) is 53.6 Å². The number of furan rings is 1. The van der Waals surface area contributed by atoms with E-state index in [1.54, 1.807) is 12.1 Å². The fraction of sp³-hybridized carbons (Fsp3) is 0.414. The molecule has 0 aliphatic heterocycles. The molecule has 2 N–H and O–H groups in total. The van der Waals surface area contributed by atoms with Gasteiger partial charge in [0.2, 0.25) is 0 Å². The maximum absolute atomic E-state index is 9.57. The molecule has 0 amide bonds. The zero-order valence-electron chi connectivity index (χ0n) is 22.7. The van der Waals surface area contributed by atoms with Gasteiger partial charge >= 0.3 is 65.7 Å². The van der Waals surface area contributed by atoms with Crippen LogP contribution in [0.5, 0.6) is 11.5 Å². The second kappa shape index (κ2) is 14.9. The SMILES string of the molecule is Cc1cc(C)c([CH]=[Ti])o1.Cc1ccc(O)c(C(C)(C)C)c1.Cc1ccc(O)c(C(C)(C)C)c1.Cl.Cl. The average Bonchev–Trinajstić information content (AvgIpc) is 3.02. The van der Waals surface area contributed by atoms with Crippen molar-refractivity contribution in [2.75, 3.05) is 0 Å². The van der Waals surface area contributed by atoms with Gasteiger partial charge in [-0.3, -0.25) is 0 Å². The van der Waals surface area contributed by atoms with Crippen LogP contribution in [0.1, 0.15) is 80.9 Å². The van der Waals surface area contributed by atoms with Gasteiger partial charge in [-0.2, -0.15) is 0 Å². The number of hydrogen-bond donors (Lipinski definition) is 2. The molecule has 0 spiro atoms. The minimum Gasteiger partial charge on any atom is -0.508 e. The summed E-state index contributed by atoms with van der Waals surface area (Å²) in [6.07, 6.45) is 0. The monoisotopic (exact) mass is 556 g/mol. The molecule has 0 unspecified atom stereocenters. The summed E-state index contributed by atoms with van der Waals surface area (Å²) in [5.74, 6) is 2.77. The first-order chi connectivity index (χ1) is 15.1. The van der Waals surface area contributed by atoms with Crippen molar-refractivity contribution in [2.24, 2.45) is 0 Å². The summed E-state index contributed by atoms with van der Waals surface area (Å²) in [6.45, 7) is 20.7. The zero-order chi connectivity index (χ0) is 25.6. The summed E-state index contributed by atoms with van der Waals surface area (Å²) in [5, 5.41) is 19.1. The first kappa shape index (κ1) is 35.6. The van der Waals surface area contributed by atoms with Gasteiger partial charge in [0, 0.05) is 0 Å². The normalized spacial score (nSPS) is 10.4. The van der Waals surface area contributed by atoms with Crippen molar-refractivity contribution < 1.29 is 34.6 Å². The van der Waals surface area contributed by atoms with Crippen LogP contribution in [0.4, 0.5) is 0 Å². The van der Waals surface area contributed by atoms with Crippen molar-refractivity contribution >= 4 is 29.1 Å². The van der Waals surface area contributed by atoms with Crippen molar-refractivity contribution in [3.05, 3.63) is 81.8 Å². The van der Waals surface area contributed by atoms with Crippen LogP contribution in [0.2, 0.25) is 0 Å². The number of hydrogen-bond acceptors (Lipinski definition) is 3. The van der Waals surface area contributed by atoms with Crippen LogP contribution in [0.25, 0.3) is 0 Å². The molecule has 0 bridgehead atoms. The van der Waals surface area contributed by atoms with Crippen LogP contribution in [0.15, 0.2) is 46.9 Å². The first-order valence-electron chi connectivity index (χ1n) is 11.2. The molecule has 35 heavy (non-hydrogen) atoms. The molecule has 1 heterocycles. The predicted molar refractivity (Wildman–Crippen MR) is 151 cm³/mol. The molecule has 0 aliphatic carbocycles. The van der Waals surface area contributed by atoms with Crippen molar-refractivity contribution in [1.29, 1.82) is 0 Å². The van der Waals surface area contributed by atoms with Crippen molar-refractivity contribution in [1.82, 2.24) is 0 Å². The molecule has 3 nitrogen and oxygen atoms in total. The Morgan fingerprint density at radius 1 is 0.686 bits per heavy atom. The number of phenolic OH excluding ortho intramolecular Hbond substituents is 2. The van der Waals surface area contributed by atoms with Gasteiger partial charge in [-0.15, -0.1) is 24.8 Å². The van der Waals surface area contributed by atoms with Gasteiger partial charge in [0.05, 0.1) is 0 Å². The van der Waals surface area contributed by atoms with E-state index < -0.39 is 0 Å². The molecule has 0 fully saturated rings. The number of aromatic hydroxyl groups is 2. The molecule has 2 aromatic carbocycles. The van der Waals surface area contributed by atoms with Crippen LogP contribution in [-0.4, -0.2) is 14.5 Å². The molecule has 0 radical (unpaired) electrons. The van der Waals surface area contributed by atoms with Gasteiger partial charge in [0.15, 0.2) is 0 Å². The minimum atomic E-state index is 0. The number of phenols is 2. The van der Waals surface area contributed by atoms with E-state index in [-0.39, 0.29) is 35.6 Å². The van der Waals surface area contributed by atoms with Gasteiger partial charge in [0.1, 0.15) is 11.5 Å². The predicted octanol–water partition coefficient (Wildman–Crippen LogP) is 8.43. The van der Waals surface area contributed by atoms with Crippen molar-refractivity contribution in [3.63, 3.8) is 0 Å². The van der Waals surface area contributed by atoms with E-state index in [0.717, 1.165) is 22.6 Å². The van der Waals surface area contributed by atoms with E-state index in [2.05, 4.69) is 41.5 Å². The molecule has 0 saturated carbocycles. The summed E-state index contributed by atoms with van der Waals surface area (Å²) in [7, 11) is 0. The smallest absolute Gasteiger partial charge is 0.119 e. The second-order valence-electron chi connectivity index (χ2n) is 10.6. The Kier molecular flexibility index (Phi) is 15.2. The maximum Gasteiger partial charge on any atom is 0.119 e. The molecule has 0 saturated heterocycles. The first-order valence-corrected chi connectivity index (χ1v) is 12.1. The van der Waals surface area contributed by atoms with Crippen molar-refractivity contribution in [3.8, 4) is 11.5 Å². The van der Waals surface area contributed by atoms with Crippen LogP contribution in [0, 0.1) is 27.7 Å². The summed E-state index contributed by atoms with van der Waals surface area (Å²) in [5.41, 5.74) is 5.68. The van der Waals surface area contributed by atoms with E-state index in [9.17, 15) is 10.2 Å². The molecule has 0 aliphatic rings. The van der Waals surface area contributed by atoms with Crippen LogP contribution in [0.3, 0.4) is 0 Å². The number of rotatable bonds is 1. The quantitative estimate of drug-likeness (QED) is 0.295. The summed E-state index contributed by atoms with van der Waals surface area (Å²) < 4.78 is 7.28. The van der Waals surface area contributed by atoms with E-state index >= 15 is 0 Å². The van der Waals surface area contributed by atoms with E-state index in [1.807, 2.05) is 82.3 Å². The second-order valence-corrected chi connectivity index (χ2v) is 11.0. The van der Waals surface area contributed by atoms with Crippen LogP contribution >= 0.6 is 24.8 Å². The standard InChI is InChI=1S/2C11H16O.C7H8O.2ClH.Ti/c2*1-8-5-6-10(12)9(7-8)11(2,3)4;1-5-4-6(2)8-7(5)3;;;/h2*5-7,12H,1-4H3;3-4H,1-2H3;2*1H;. The van der Waals surface area contributed by atoms with E-state index in [0.29, 0.717) is 11.5 Å². The van der Waals surface area contributed by atoms with Gasteiger partial charge < -0.3 is 10.2 Å². The number of halogens is 2.